The van der Waals surface area contributed by atoms with Gasteiger partial charge in [-0.1, -0.05) is 6.92 Å². The highest BCUT2D eigenvalue weighted by Gasteiger charge is 2.33. The first-order valence-electron chi connectivity index (χ1n) is 5.26. The van der Waals surface area contributed by atoms with Gasteiger partial charge in [0.15, 0.2) is 0 Å². The van der Waals surface area contributed by atoms with Crippen LogP contribution in [0.15, 0.2) is 15.5 Å². The molecule has 2 atom stereocenters. The molecule has 0 amide bonds. The molecule has 1 heterocycles. The Morgan fingerprint density at radius 2 is 2.44 bits per heavy atom. The van der Waals surface area contributed by atoms with Crippen molar-refractivity contribution in [1.82, 2.24) is 9.78 Å². The van der Waals surface area contributed by atoms with Gasteiger partial charge in [0.2, 0.25) is 0 Å². The Labute approximate surface area is 102 Å². The van der Waals surface area contributed by atoms with Gasteiger partial charge >= 0.3 is 0 Å². The SMILES string of the molecule is CC1CC1Nc1cnn(CCO)c(=O)c1Br. The van der Waals surface area contributed by atoms with E-state index in [-0.39, 0.29) is 18.7 Å². The molecule has 6 heteroatoms. The fraction of sp³-hybridized carbons (Fsp3) is 0.600. The molecule has 1 saturated carbocycles. The van der Waals surface area contributed by atoms with Crippen molar-refractivity contribution in [1.29, 1.82) is 0 Å². The van der Waals surface area contributed by atoms with Crippen molar-refractivity contribution in [2.24, 2.45) is 5.92 Å². The number of hydrogen-bond donors (Lipinski definition) is 2. The van der Waals surface area contributed by atoms with Crippen LogP contribution in [0, 0.1) is 5.92 Å². The van der Waals surface area contributed by atoms with E-state index in [1.165, 1.54) is 4.68 Å². The van der Waals surface area contributed by atoms with E-state index in [0.717, 1.165) is 12.1 Å². The zero-order valence-corrected chi connectivity index (χ0v) is 10.6. The van der Waals surface area contributed by atoms with Crippen LogP contribution < -0.4 is 10.9 Å². The Balaban J connectivity index is 2.21. The van der Waals surface area contributed by atoms with Crippen LogP contribution in [0.1, 0.15) is 13.3 Å². The zero-order valence-electron chi connectivity index (χ0n) is 8.98. The minimum Gasteiger partial charge on any atom is -0.394 e. The number of aliphatic hydroxyl groups excluding tert-OH is 1. The van der Waals surface area contributed by atoms with Gasteiger partial charge in [-0.3, -0.25) is 4.79 Å². The Hall–Kier alpha value is -0.880. The lowest BCUT2D eigenvalue weighted by molar-refractivity contribution is 0.266. The molecular weight excluding hydrogens is 274 g/mol. The number of rotatable bonds is 4. The molecule has 1 aromatic rings. The molecule has 0 aliphatic heterocycles. The molecule has 1 aromatic heterocycles. The minimum atomic E-state index is -0.215. The summed E-state index contributed by atoms with van der Waals surface area (Å²) in [6.07, 6.45) is 2.75. The first kappa shape index (κ1) is 11.6. The van der Waals surface area contributed by atoms with Crippen LogP contribution >= 0.6 is 15.9 Å². The average Bonchev–Trinajstić information content (AvgIpc) is 2.94. The predicted octanol–water partition coefficient (Wildman–Crippen LogP) is 0.818. The van der Waals surface area contributed by atoms with Gasteiger partial charge in [0.05, 0.1) is 25.0 Å². The van der Waals surface area contributed by atoms with Crippen LogP contribution in [0.3, 0.4) is 0 Å². The lowest BCUT2D eigenvalue weighted by Gasteiger charge is -2.09. The van der Waals surface area contributed by atoms with Crippen molar-refractivity contribution in [3.05, 3.63) is 21.0 Å². The molecule has 1 aliphatic carbocycles. The topological polar surface area (TPSA) is 67.2 Å². The summed E-state index contributed by atoms with van der Waals surface area (Å²) in [4.78, 5) is 11.8. The Kier molecular flexibility index (Phi) is 3.30. The molecule has 1 aliphatic rings. The van der Waals surface area contributed by atoms with Gasteiger partial charge in [0, 0.05) is 6.04 Å². The smallest absolute Gasteiger partial charge is 0.283 e. The molecule has 1 fully saturated rings. The molecule has 16 heavy (non-hydrogen) atoms. The fourth-order valence-electron chi connectivity index (χ4n) is 1.54. The second kappa shape index (κ2) is 4.55. The van der Waals surface area contributed by atoms with Crippen LogP contribution in [-0.2, 0) is 6.54 Å². The maximum atomic E-state index is 11.8. The summed E-state index contributed by atoms with van der Waals surface area (Å²) < 4.78 is 1.72. The molecule has 88 valence electrons. The van der Waals surface area contributed by atoms with Gasteiger partial charge in [-0.05, 0) is 28.3 Å². The lowest BCUT2D eigenvalue weighted by Crippen LogP contribution is -2.26. The zero-order chi connectivity index (χ0) is 11.7. The number of hydrogen-bond acceptors (Lipinski definition) is 4. The summed E-state index contributed by atoms with van der Waals surface area (Å²) in [6.45, 7) is 2.29. The number of nitrogens with one attached hydrogen (secondary N) is 1. The lowest BCUT2D eigenvalue weighted by atomic mass is 10.4. The average molecular weight is 288 g/mol. The quantitative estimate of drug-likeness (QED) is 0.860. The highest BCUT2D eigenvalue weighted by atomic mass is 79.9. The maximum Gasteiger partial charge on any atom is 0.283 e. The Bertz CT molecular complexity index is 446. The summed E-state index contributed by atoms with van der Waals surface area (Å²) in [5.41, 5.74) is 0.515. The van der Waals surface area contributed by atoms with Crippen molar-refractivity contribution < 1.29 is 5.11 Å². The van der Waals surface area contributed by atoms with Gasteiger partial charge < -0.3 is 10.4 Å². The molecular formula is C10H14BrN3O2. The first-order valence-corrected chi connectivity index (χ1v) is 6.05. The van der Waals surface area contributed by atoms with Crippen molar-refractivity contribution in [2.75, 3.05) is 11.9 Å². The van der Waals surface area contributed by atoms with Crippen LogP contribution in [0.5, 0.6) is 0 Å². The monoisotopic (exact) mass is 287 g/mol. The van der Waals surface area contributed by atoms with Crippen molar-refractivity contribution in [3.8, 4) is 0 Å². The molecule has 0 radical (unpaired) electrons. The third-order valence-corrected chi connectivity index (χ3v) is 3.51. The maximum absolute atomic E-state index is 11.8. The van der Waals surface area contributed by atoms with Crippen molar-refractivity contribution >= 4 is 21.6 Å². The molecule has 5 nitrogen and oxygen atoms in total. The van der Waals surface area contributed by atoms with E-state index < -0.39 is 0 Å². The van der Waals surface area contributed by atoms with Gasteiger partial charge in [-0.2, -0.15) is 5.10 Å². The van der Waals surface area contributed by atoms with E-state index in [4.69, 9.17) is 5.11 Å². The second-order valence-corrected chi connectivity index (χ2v) is 4.88. The molecule has 2 unspecified atom stereocenters. The summed E-state index contributed by atoms with van der Waals surface area (Å²) >= 11 is 3.26. The third-order valence-electron chi connectivity index (χ3n) is 2.75. The Morgan fingerprint density at radius 3 is 3.00 bits per heavy atom. The first-order chi connectivity index (χ1) is 7.63. The number of halogens is 1. The summed E-state index contributed by atoms with van der Waals surface area (Å²) in [6, 6.07) is 0.450. The molecule has 0 saturated heterocycles. The third kappa shape index (κ3) is 2.27. The van der Waals surface area contributed by atoms with Gasteiger partial charge in [-0.15, -0.1) is 0 Å². The molecule has 2 rings (SSSR count). The van der Waals surface area contributed by atoms with Crippen LogP contribution in [-0.4, -0.2) is 27.5 Å². The molecule has 0 spiro atoms. The van der Waals surface area contributed by atoms with E-state index in [2.05, 4.69) is 33.3 Å². The van der Waals surface area contributed by atoms with E-state index >= 15 is 0 Å². The summed E-state index contributed by atoms with van der Waals surface area (Å²) in [5.74, 6) is 0.659. The van der Waals surface area contributed by atoms with Gasteiger partial charge in [-0.25, -0.2) is 4.68 Å². The summed E-state index contributed by atoms with van der Waals surface area (Å²) in [5, 5.41) is 16.0. The number of nitrogens with zero attached hydrogens (tertiary/aromatic N) is 2. The number of aromatic nitrogens is 2. The second-order valence-electron chi connectivity index (χ2n) is 4.09. The van der Waals surface area contributed by atoms with Gasteiger partial charge in [0.25, 0.3) is 5.56 Å². The molecule has 2 N–H and O–H groups in total. The molecule has 0 bridgehead atoms. The van der Waals surface area contributed by atoms with E-state index in [9.17, 15) is 4.79 Å². The Morgan fingerprint density at radius 1 is 1.75 bits per heavy atom. The van der Waals surface area contributed by atoms with Crippen LogP contribution in [0.25, 0.3) is 0 Å². The normalized spacial score (nSPS) is 23.2. The van der Waals surface area contributed by atoms with Crippen LogP contribution in [0.2, 0.25) is 0 Å². The minimum absolute atomic E-state index is 0.0915. The van der Waals surface area contributed by atoms with E-state index in [1.54, 1.807) is 6.20 Å². The van der Waals surface area contributed by atoms with Crippen LogP contribution in [0.4, 0.5) is 5.69 Å². The van der Waals surface area contributed by atoms with E-state index in [1.807, 2.05) is 0 Å². The fourth-order valence-corrected chi connectivity index (χ4v) is 1.96. The standard InChI is InChI=1S/C10H14BrN3O2/c1-6-4-7(6)13-8-5-12-14(2-3-15)10(16)9(8)11/h5-7,13,15H,2-4H2,1H3. The highest BCUT2D eigenvalue weighted by Crippen LogP contribution is 2.33. The molecule has 0 aromatic carbocycles. The summed E-state index contributed by atoms with van der Waals surface area (Å²) in [7, 11) is 0. The van der Waals surface area contributed by atoms with E-state index in [0.29, 0.717) is 16.4 Å². The van der Waals surface area contributed by atoms with Crippen molar-refractivity contribution in [2.45, 2.75) is 25.9 Å². The van der Waals surface area contributed by atoms with Gasteiger partial charge in [0.1, 0.15) is 4.47 Å². The predicted molar refractivity (Wildman–Crippen MR) is 64.5 cm³/mol. The van der Waals surface area contributed by atoms with Crippen molar-refractivity contribution in [3.63, 3.8) is 0 Å². The highest BCUT2D eigenvalue weighted by molar-refractivity contribution is 9.10. The number of aliphatic hydroxyl groups is 1. The number of anilines is 1. The largest absolute Gasteiger partial charge is 0.394 e.